The average Bonchev–Trinajstić information content (AvgIpc) is 2.65. The molecule has 5 nitrogen and oxygen atoms in total. The van der Waals surface area contributed by atoms with E-state index in [-0.39, 0.29) is 34.8 Å². The molecule has 2 aromatic rings. The monoisotopic (exact) mass is 456 g/mol. The fraction of sp³-hybridized carbons (Fsp3) is 0.409. The lowest BCUT2D eigenvalue weighted by Crippen LogP contribution is -2.27. The van der Waals surface area contributed by atoms with E-state index in [1.165, 1.54) is 18.2 Å². The maximum atomic E-state index is 12.7. The predicted molar refractivity (Wildman–Crippen MR) is 111 cm³/mol. The van der Waals surface area contributed by atoms with E-state index in [2.05, 4.69) is 15.0 Å². The van der Waals surface area contributed by atoms with Gasteiger partial charge in [0, 0.05) is 34.3 Å². The number of Topliss-reactive ketones (excluding diaryl/α,β-unsaturated/α-hetero) is 1. The van der Waals surface area contributed by atoms with Crippen LogP contribution in [0.5, 0.6) is 5.75 Å². The van der Waals surface area contributed by atoms with Crippen LogP contribution in [0, 0.1) is 12.8 Å². The Labute approximate surface area is 184 Å². The minimum absolute atomic E-state index is 0.0196. The van der Waals surface area contributed by atoms with Gasteiger partial charge in [-0.1, -0.05) is 31.5 Å². The number of benzene rings is 1. The number of pyridine rings is 1. The summed E-state index contributed by atoms with van der Waals surface area (Å²) in [6.45, 7) is 5.62. The van der Waals surface area contributed by atoms with Gasteiger partial charge in [-0.25, -0.2) is 0 Å². The Balaban J connectivity index is 2.11. The third-order valence-corrected chi connectivity index (χ3v) is 4.78. The molecule has 168 valence electrons. The van der Waals surface area contributed by atoms with E-state index in [1.807, 2.05) is 0 Å². The summed E-state index contributed by atoms with van der Waals surface area (Å²) in [5.74, 6) is -0.513. The van der Waals surface area contributed by atoms with Crippen LogP contribution in [0.4, 0.5) is 13.2 Å². The van der Waals surface area contributed by atoms with Crippen molar-refractivity contribution in [2.75, 3.05) is 6.61 Å². The molecule has 1 unspecified atom stereocenters. The minimum Gasteiger partial charge on any atom is -0.484 e. The molecule has 0 saturated carbocycles. The third-order valence-electron chi connectivity index (χ3n) is 4.46. The second kappa shape index (κ2) is 10.1. The Kier molecular flexibility index (Phi) is 8.06. The summed E-state index contributed by atoms with van der Waals surface area (Å²) in [5.41, 5.74) is 2.00. The van der Waals surface area contributed by atoms with Crippen LogP contribution >= 0.6 is 11.6 Å². The van der Waals surface area contributed by atoms with Gasteiger partial charge in [0.15, 0.2) is 6.61 Å². The number of aryl methyl sites for hydroxylation is 1. The maximum Gasteiger partial charge on any atom is 0.422 e. The Hall–Kier alpha value is -2.61. The molecule has 1 atom stereocenters. The van der Waals surface area contributed by atoms with Crippen LogP contribution in [0.15, 0.2) is 30.3 Å². The van der Waals surface area contributed by atoms with Crippen LogP contribution < -0.4 is 10.1 Å². The molecule has 1 heterocycles. The zero-order valence-corrected chi connectivity index (χ0v) is 18.4. The Bertz CT molecular complexity index is 962. The highest BCUT2D eigenvalue weighted by Crippen LogP contribution is 2.28. The van der Waals surface area contributed by atoms with E-state index in [9.17, 15) is 22.8 Å². The van der Waals surface area contributed by atoms with Gasteiger partial charge in [0.1, 0.15) is 11.5 Å². The molecule has 31 heavy (non-hydrogen) atoms. The maximum absolute atomic E-state index is 12.7. The second-order valence-electron chi connectivity index (χ2n) is 7.57. The lowest BCUT2D eigenvalue weighted by molar-refractivity contribution is -0.153. The molecule has 0 bridgehead atoms. The van der Waals surface area contributed by atoms with Gasteiger partial charge in [-0.2, -0.15) is 13.2 Å². The standard InChI is InChI=1S/C22H24ClF3N2O3/c1-12(2)20(29)9-16-8-15(7-13(3)27-16)21(30)28-14(4)18-6-5-17(10-19(18)23)31-11-22(24,25)26/h5-8,10,12,14H,9,11H2,1-4H3,(H,28,30). The molecule has 0 aliphatic rings. The fourth-order valence-electron chi connectivity index (χ4n) is 2.81. The van der Waals surface area contributed by atoms with Crippen LogP contribution in [0.1, 0.15) is 54.1 Å². The summed E-state index contributed by atoms with van der Waals surface area (Å²) in [4.78, 5) is 29.1. The number of rotatable bonds is 8. The van der Waals surface area contributed by atoms with Crippen LogP contribution in [0.25, 0.3) is 0 Å². The Morgan fingerprint density at radius 3 is 2.42 bits per heavy atom. The molecule has 0 spiro atoms. The van der Waals surface area contributed by atoms with E-state index < -0.39 is 18.8 Å². The van der Waals surface area contributed by atoms with Crippen LogP contribution in [0.2, 0.25) is 5.02 Å². The van der Waals surface area contributed by atoms with Crippen LogP contribution in [0.3, 0.4) is 0 Å². The molecule has 0 fully saturated rings. The summed E-state index contributed by atoms with van der Waals surface area (Å²) < 4.78 is 41.6. The SMILES string of the molecule is Cc1cc(C(=O)NC(C)c2ccc(OCC(F)(F)F)cc2Cl)cc(CC(=O)C(C)C)n1. The number of nitrogens with one attached hydrogen (secondary N) is 1. The number of hydrogen-bond donors (Lipinski definition) is 1. The number of ketones is 1. The highest BCUT2D eigenvalue weighted by molar-refractivity contribution is 6.31. The van der Waals surface area contributed by atoms with Gasteiger partial charge in [-0.05, 0) is 43.7 Å². The van der Waals surface area contributed by atoms with Crippen molar-refractivity contribution in [3.8, 4) is 5.75 Å². The number of halogens is 4. The number of hydrogen-bond acceptors (Lipinski definition) is 4. The zero-order valence-electron chi connectivity index (χ0n) is 17.6. The van der Waals surface area contributed by atoms with Crippen molar-refractivity contribution < 1.29 is 27.5 Å². The van der Waals surface area contributed by atoms with Crippen molar-refractivity contribution in [3.63, 3.8) is 0 Å². The van der Waals surface area contributed by atoms with E-state index >= 15 is 0 Å². The topological polar surface area (TPSA) is 68.3 Å². The summed E-state index contributed by atoms with van der Waals surface area (Å²) in [6.07, 6.45) is -4.31. The average molecular weight is 457 g/mol. The largest absolute Gasteiger partial charge is 0.484 e. The van der Waals surface area contributed by atoms with Gasteiger partial charge in [-0.15, -0.1) is 0 Å². The van der Waals surface area contributed by atoms with E-state index in [0.717, 1.165) is 0 Å². The summed E-state index contributed by atoms with van der Waals surface area (Å²) in [6, 6.07) is 6.81. The first-order chi connectivity index (χ1) is 14.4. The number of amides is 1. The Morgan fingerprint density at radius 2 is 1.84 bits per heavy atom. The molecule has 1 amide bonds. The van der Waals surface area contributed by atoms with Crippen molar-refractivity contribution in [2.45, 2.75) is 46.3 Å². The molecule has 0 saturated heterocycles. The molecular formula is C22H24ClF3N2O3. The Morgan fingerprint density at radius 1 is 1.16 bits per heavy atom. The van der Waals surface area contributed by atoms with Crippen LogP contribution in [-0.2, 0) is 11.2 Å². The van der Waals surface area contributed by atoms with Gasteiger partial charge >= 0.3 is 6.18 Å². The summed E-state index contributed by atoms with van der Waals surface area (Å²) in [7, 11) is 0. The first-order valence-electron chi connectivity index (χ1n) is 9.66. The van der Waals surface area contributed by atoms with Crippen molar-refractivity contribution in [2.24, 2.45) is 5.92 Å². The van der Waals surface area contributed by atoms with E-state index in [1.54, 1.807) is 39.8 Å². The number of ether oxygens (including phenoxy) is 1. The van der Waals surface area contributed by atoms with Gasteiger partial charge < -0.3 is 10.1 Å². The van der Waals surface area contributed by atoms with Crippen molar-refractivity contribution in [1.82, 2.24) is 10.3 Å². The van der Waals surface area contributed by atoms with Crippen LogP contribution in [-0.4, -0.2) is 29.5 Å². The fourth-order valence-corrected chi connectivity index (χ4v) is 3.15. The second-order valence-corrected chi connectivity index (χ2v) is 7.98. The zero-order chi connectivity index (χ0) is 23.3. The third kappa shape index (κ3) is 7.54. The van der Waals surface area contributed by atoms with E-state index in [0.29, 0.717) is 22.5 Å². The lowest BCUT2D eigenvalue weighted by atomic mass is 10.0. The molecule has 0 aliphatic carbocycles. The highest BCUT2D eigenvalue weighted by Gasteiger charge is 2.28. The molecule has 1 N–H and O–H groups in total. The van der Waals surface area contributed by atoms with Gasteiger partial charge in [-0.3, -0.25) is 14.6 Å². The molecule has 2 rings (SSSR count). The first kappa shape index (κ1) is 24.7. The summed E-state index contributed by atoms with van der Waals surface area (Å²) in [5, 5.41) is 2.97. The van der Waals surface area contributed by atoms with E-state index in [4.69, 9.17) is 11.6 Å². The predicted octanol–water partition coefficient (Wildman–Crippen LogP) is 5.24. The molecule has 0 aliphatic heterocycles. The van der Waals surface area contributed by atoms with Crippen molar-refractivity contribution >= 4 is 23.3 Å². The highest BCUT2D eigenvalue weighted by atomic mass is 35.5. The molecule has 1 aromatic heterocycles. The minimum atomic E-state index is -4.45. The molecule has 9 heteroatoms. The van der Waals surface area contributed by atoms with Crippen molar-refractivity contribution in [3.05, 3.63) is 57.9 Å². The molecule has 0 radical (unpaired) electrons. The smallest absolute Gasteiger partial charge is 0.422 e. The number of aromatic nitrogens is 1. The normalized spacial score (nSPS) is 12.5. The number of alkyl halides is 3. The summed E-state index contributed by atoms with van der Waals surface area (Å²) >= 11 is 6.18. The number of carbonyl (C=O) groups excluding carboxylic acids is 2. The molecule has 1 aromatic carbocycles. The number of nitrogens with zero attached hydrogens (tertiary/aromatic N) is 1. The lowest BCUT2D eigenvalue weighted by Gasteiger charge is -2.17. The molecular weight excluding hydrogens is 433 g/mol. The quantitative estimate of drug-likeness (QED) is 0.589. The van der Waals surface area contributed by atoms with Gasteiger partial charge in [0.2, 0.25) is 0 Å². The number of carbonyl (C=O) groups is 2. The first-order valence-corrected chi connectivity index (χ1v) is 10.0. The van der Waals surface area contributed by atoms with Gasteiger partial charge in [0.05, 0.1) is 6.04 Å². The van der Waals surface area contributed by atoms with Crippen molar-refractivity contribution in [1.29, 1.82) is 0 Å². The van der Waals surface area contributed by atoms with Gasteiger partial charge in [0.25, 0.3) is 5.91 Å².